The van der Waals surface area contributed by atoms with E-state index in [-0.39, 0.29) is 22.6 Å². The van der Waals surface area contributed by atoms with Gasteiger partial charge >= 0.3 is 0 Å². The zero-order valence-corrected chi connectivity index (χ0v) is 12.2. The van der Waals surface area contributed by atoms with Gasteiger partial charge in [-0.25, -0.2) is 8.78 Å². The van der Waals surface area contributed by atoms with Gasteiger partial charge in [0.25, 0.3) is 5.56 Å². The number of carbonyl (C=O) groups is 1. The van der Waals surface area contributed by atoms with Gasteiger partial charge in [-0.1, -0.05) is 13.8 Å². The predicted octanol–water partition coefficient (Wildman–Crippen LogP) is 2.67. The van der Waals surface area contributed by atoms with Crippen LogP contribution < -0.4 is 5.56 Å². The molecule has 0 N–H and O–H groups in total. The highest BCUT2D eigenvalue weighted by molar-refractivity contribution is 5.97. The van der Waals surface area contributed by atoms with Crippen molar-refractivity contribution in [2.75, 3.05) is 0 Å². The molecular weight excluding hydrogens is 290 g/mol. The molecule has 0 spiro atoms. The summed E-state index contributed by atoms with van der Waals surface area (Å²) >= 11 is 0. The van der Waals surface area contributed by atoms with Crippen molar-refractivity contribution in [1.29, 1.82) is 0 Å². The zero-order chi connectivity index (χ0) is 16.1. The van der Waals surface area contributed by atoms with Gasteiger partial charge in [-0.3, -0.25) is 9.59 Å². The minimum Gasteiger partial charge on any atom is -0.292 e. The first-order valence-corrected chi connectivity index (χ1v) is 6.89. The van der Waals surface area contributed by atoms with Gasteiger partial charge in [-0.15, -0.1) is 0 Å². The lowest BCUT2D eigenvalue weighted by Crippen LogP contribution is -2.33. The van der Waals surface area contributed by atoms with Crippen LogP contribution >= 0.6 is 0 Å². The van der Waals surface area contributed by atoms with Gasteiger partial charge < -0.3 is 0 Å². The van der Waals surface area contributed by atoms with E-state index in [0.717, 1.165) is 16.8 Å². The molecule has 3 rings (SSSR count). The van der Waals surface area contributed by atoms with E-state index < -0.39 is 17.2 Å². The first-order valence-electron chi connectivity index (χ1n) is 6.89. The number of Topliss-reactive ketones (excluding diaryl/α,β-unsaturated/α-hetero) is 1. The van der Waals surface area contributed by atoms with E-state index in [1.807, 2.05) is 13.8 Å². The largest absolute Gasteiger partial charge is 0.292 e. The van der Waals surface area contributed by atoms with Crippen molar-refractivity contribution in [3.05, 3.63) is 57.5 Å². The number of rotatable bonds is 1. The Morgan fingerprint density at radius 1 is 1.14 bits per heavy atom. The molecule has 0 bridgehead atoms. The van der Waals surface area contributed by atoms with Crippen molar-refractivity contribution < 1.29 is 13.6 Å². The van der Waals surface area contributed by atoms with E-state index in [2.05, 4.69) is 5.10 Å². The average Bonchev–Trinajstić information content (AvgIpc) is 2.37. The van der Waals surface area contributed by atoms with Crippen molar-refractivity contribution in [2.24, 2.45) is 5.41 Å². The number of nitrogens with zero attached hydrogens (tertiary/aromatic N) is 2. The molecule has 0 saturated carbocycles. The fourth-order valence-corrected chi connectivity index (χ4v) is 2.78. The van der Waals surface area contributed by atoms with E-state index in [9.17, 15) is 18.4 Å². The molecule has 0 amide bonds. The number of hydrogen-bond acceptors (Lipinski definition) is 3. The number of carbonyl (C=O) groups excluding carboxylic acids is 1. The van der Waals surface area contributed by atoms with Gasteiger partial charge in [0.1, 0.15) is 17.2 Å². The van der Waals surface area contributed by atoms with Crippen LogP contribution in [0.3, 0.4) is 0 Å². The van der Waals surface area contributed by atoms with Crippen molar-refractivity contribution in [3.8, 4) is 5.69 Å². The van der Waals surface area contributed by atoms with E-state index in [1.54, 1.807) is 0 Å². The van der Waals surface area contributed by atoms with Crippen LogP contribution in [0.5, 0.6) is 0 Å². The van der Waals surface area contributed by atoms with Gasteiger partial charge in [0, 0.05) is 18.6 Å². The second-order valence-electron chi connectivity index (χ2n) is 6.30. The third-order valence-corrected chi connectivity index (χ3v) is 3.72. The first-order chi connectivity index (χ1) is 10.3. The standard InChI is InChI=1S/C16H14F2N2O2/c1-16(2)7-9-5-14(22)20(19-15(9)13(21)8-16)12-4-3-10(17)6-11(12)18/h3-6H,7-8H2,1-2H3. The molecule has 0 fully saturated rings. The van der Waals surface area contributed by atoms with Crippen LogP contribution in [0.15, 0.2) is 29.1 Å². The molecule has 1 aromatic heterocycles. The molecule has 1 heterocycles. The molecule has 0 saturated heterocycles. The monoisotopic (exact) mass is 304 g/mol. The smallest absolute Gasteiger partial charge is 0.271 e. The van der Waals surface area contributed by atoms with E-state index in [4.69, 9.17) is 0 Å². The molecular formula is C16H14F2N2O2. The maximum Gasteiger partial charge on any atom is 0.271 e. The van der Waals surface area contributed by atoms with Gasteiger partial charge in [0.15, 0.2) is 11.6 Å². The highest BCUT2D eigenvalue weighted by Crippen LogP contribution is 2.33. The van der Waals surface area contributed by atoms with E-state index in [0.29, 0.717) is 24.5 Å². The lowest BCUT2D eigenvalue weighted by Gasteiger charge is -2.29. The molecule has 0 aliphatic heterocycles. The minimum absolute atomic E-state index is 0.174. The van der Waals surface area contributed by atoms with Crippen molar-refractivity contribution in [2.45, 2.75) is 26.7 Å². The Bertz CT molecular complexity index is 841. The van der Waals surface area contributed by atoms with Crippen LogP contribution in [0.4, 0.5) is 8.78 Å². The second-order valence-corrected chi connectivity index (χ2v) is 6.30. The van der Waals surface area contributed by atoms with Gasteiger partial charge in [-0.2, -0.15) is 9.78 Å². The molecule has 1 aliphatic carbocycles. The highest BCUT2D eigenvalue weighted by Gasteiger charge is 2.33. The molecule has 1 aliphatic rings. The summed E-state index contributed by atoms with van der Waals surface area (Å²) in [5.74, 6) is -1.83. The summed E-state index contributed by atoms with van der Waals surface area (Å²) in [4.78, 5) is 24.4. The summed E-state index contributed by atoms with van der Waals surface area (Å²) in [6.45, 7) is 3.89. The molecule has 0 atom stereocenters. The molecule has 4 nitrogen and oxygen atoms in total. The fraction of sp³-hybridized carbons (Fsp3) is 0.312. The fourth-order valence-electron chi connectivity index (χ4n) is 2.78. The van der Waals surface area contributed by atoms with Crippen molar-refractivity contribution in [1.82, 2.24) is 9.78 Å². The molecule has 2 aromatic rings. The molecule has 22 heavy (non-hydrogen) atoms. The SMILES string of the molecule is CC1(C)CC(=O)c2nn(-c3ccc(F)cc3F)c(=O)cc2C1. The minimum atomic E-state index is -0.905. The number of benzene rings is 1. The molecule has 0 radical (unpaired) electrons. The predicted molar refractivity (Wildman–Crippen MR) is 76.2 cm³/mol. The van der Waals surface area contributed by atoms with Crippen LogP contribution in [0.2, 0.25) is 0 Å². The Morgan fingerprint density at radius 3 is 2.55 bits per heavy atom. The van der Waals surface area contributed by atoms with Crippen LogP contribution in [-0.2, 0) is 6.42 Å². The lowest BCUT2D eigenvalue weighted by molar-refractivity contribution is 0.0903. The Morgan fingerprint density at radius 2 is 1.86 bits per heavy atom. The van der Waals surface area contributed by atoms with Crippen LogP contribution in [-0.4, -0.2) is 15.6 Å². The van der Waals surface area contributed by atoms with E-state index in [1.165, 1.54) is 6.07 Å². The first kappa shape index (κ1) is 14.6. The number of hydrogen-bond donors (Lipinski definition) is 0. The van der Waals surface area contributed by atoms with E-state index >= 15 is 0 Å². The maximum atomic E-state index is 13.8. The van der Waals surface area contributed by atoms with Crippen LogP contribution in [0.25, 0.3) is 5.69 Å². The Labute approximate surface area is 125 Å². The van der Waals surface area contributed by atoms with Gasteiger partial charge in [0.05, 0.1) is 0 Å². The van der Waals surface area contributed by atoms with Crippen LogP contribution in [0, 0.1) is 17.0 Å². The molecule has 114 valence electrons. The van der Waals surface area contributed by atoms with Gasteiger partial charge in [0.2, 0.25) is 0 Å². The average molecular weight is 304 g/mol. The van der Waals surface area contributed by atoms with Crippen molar-refractivity contribution in [3.63, 3.8) is 0 Å². The normalized spacial score (nSPS) is 16.5. The number of aromatic nitrogens is 2. The maximum absolute atomic E-state index is 13.8. The number of ketones is 1. The molecule has 0 unspecified atom stereocenters. The summed E-state index contributed by atoms with van der Waals surface area (Å²) in [6.07, 6.45) is 0.875. The summed E-state index contributed by atoms with van der Waals surface area (Å²) < 4.78 is 27.6. The molecule has 6 heteroatoms. The number of halogens is 2. The summed E-state index contributed by atoms with van der Waals surface area (Å²) in [7, 11) is 0. The van der Waals surface area contributed by atoms with Gasteiger partial charge in [-0.05, 0) is 29.5 Å². The topological polar surface area (TPSA) is 52.0 Å². The summed E-state index contributed by atoms with van der Waals surface area (Å²) in [5.41, 5.74) is -0.194. The quantitative estimate of drug-likeness (QED) is 0.814. The summed E-state index contributed by atoms with van der Waals surface area (Å²) in [6, 6.07) is 4.15. The Balaban J connectivity index is 2.18. The third kappa shape index (κ3) is 2.45. The summed E-state index contributed by atoms with van der Waals surface area (Å²) in [5, 5.41) is 4.01. The number of fused-ring (bicyclic) bond motifs is 1. The Kier molecular flexibility index (Phi) is 3.20. The zero-order valence-electron chi connectivity index (χ0n) is 12.2. The Hall–Kier alpha value is -2.37. The second kappa shape index (κ2) is 4.83. The van der Waals surface area contributed by atoms with Crippen LogP contribution in [0.1, 0.15) is 36.3 Å². The highest BCUT2D eigenvalue weighted by atomic mass is 19.1. The third-order valence-electron chi connectivity index (χ3n) is 3.72. The molecule has 1 aromatic carbocycles. The van der Waals surface area contributed by atoms with Crippen molar-refractivity contribution >= 4 is 5.78 Å². The lowest BCUT2D eigenvalue weighted by atomic mass is 9.75.